The standard InChI is InChI=1S/C11H17NO/c1-8-6-10(9(2)13-8)11(7-12)4-3-5-11/h6H,3-5,7,12H2,1-2H3. The van der Waals surface area contributed by atoms with Gasteiger partial charge in [-0.2, -0.15) is 0 Å². The fourth-order valence-electron chi connectivity index (χ4n) is 2.34. The Morgan fingerprint density at radius 2 is 2.15 bits per heavy atom. The van der Waals surface area contributed by atoms with Crippen LogP contribution in [0.4, 0.5) is 0 Å². The first kappa shape index (κ1) is 8.82. The van der Waals surface area contributed by atoms with Crippen LogP contribution in [0.5, 0.6) is 0 Å². The van der Waals surface area contributed by atoms with E-state index < -0.39 is 0 Å². The van der Waals surface area contributed by atoms with Gasteiger partial charge in [-0.15, -0.1) is 0 Å². The van der Waals surface area contributed by atoms with Crippen LogP contribution in [0.1, 0.15) is 36.3 Å². The Morgan fingerprint density at radius 1 is 1.46 bits per heavy atom. The number of nitrogens with two attached hydrogens (primary N) is 1. The second-order valence-electron chi connectivity index (χ2n) is 4.16. The summed E-state index contributed by atoms with van der Waals surface area (Å²) in [5.74, 6) is 2.06. The van der Waals surface area contributed by atoms with Gasteiger partial charge in [0.15, 0.2) is 0 Å². The summed E-state index contributed by atoms with van der Waals surface area (Å²) >= 11 is 0. The van der Waals surface area contributed by atoms with E-state index in [1.165, 1.54) is 24.8 Å². The summed E-state index contributed by atoms with van der Waals surface area (Å²) in [6, 6.07) is 2.15. The topological polar surface area (TPSA) is 39.2 Å². The summed E-state index contributed by atoms with van der Waals surface area (Å²) in [7, 11) is 0. The zero-order chi connectivity index (χ0) is 9.47. The average molecular weight is 179 g/mol. The highest BCUT2D eigenvalue weighted by atomic mass is 16.3. The first-order valence-corrected chi connectivity index (χ1v) is 4.95. The molecule has 0 saturated heterocycles. The van der Waals surface area contributed by atoms with Crippen LogP contribution in [0.3, 0.4) is 0 Å². The zero-order valence-electron chi connectivity index (χ0n) is 8.39. The largest absolute Gasteiger partial charge is 0.466 e. The van der Waals surface area contributed by atoms with Gasteiger partial charge in [0.1, 0.15) is 11.5 Å². The quantitative estimate of drug-likeness (QED) is 0.756. The predicted octanol–water partition coefficient (Wildman–Crippen LogP) is 2.28. The molecule has 1 saturated carbocycles. The number of furan rings is 1. The highest BCUT2D eigenvalue weighted by molar-refractivity contribution is 5.32. The Kier molecular flexibility index (Phi) is 1.95. The van der Waals surface area contributed by atoms with Crippen LogP contribution in [0, 0.1) is 13.8 Å². The van der Waals surface area contributed by atoms with Gasteiger partial charge in [0.05, 0.1) is 0 Å². The second kappa shape index (κ2) is 2.88. The van der Waals surface area contributed by atoms with E-state index in [0.29, 0.717) is 0 Å². The van der Waals surface area contributed by atoms with Gasteiger partial charge in [-0.3, -0.25) is 0 Å². The molecule has 2 N–H and O–H groups in total. The SMILES string of the molecule is Cc1cc(C2(CN)CCC2)c(C)o1. The summed E-state index contributed by atoms with van der Waals surface area (Å²) in [6.07, 6.45) is 3.76. The Labute approximate surface area is 79.1 Å². The molecule has 0 unspecified atom stereocenters. The highest BCUT2D eigenvalue weighted by Crippen LogP contribution is 2.44. The van der Waals surface area contributed by atoms with Crippen LogP contribution in [0.25, 0.3) is 0 Å². The molecule has 1 heterocycles. The first-order valence-electron chi connectivity index (χ1n) is 4.95. The van der Waals surface area contributed by atoms with Gasteiger partial charge in [0.2, 0.25) is 0 Å². The number of hydrogen-bond donors (Lipinski definition) is 1. The molecular weight excluding hydrogens is 162 g/mol. The molecule has 2 nitrogen and oxygen atoms in total. The van der Waals surface area contributed by atoms with Crippen molar-refractivity contribution in [2.75, 3.05) is 6.54 Å². The fraction of sp³-hybridized carbons (Fsp3) is 0.636. The molecule has 1 aliphatic rings. The van der Waals surface area contributed by atoms with Crippen molar-refractivity contribution < 1.29 is 4.42 Å². The zero-order valence-corrected chi connectivity index (χ0v) is 8.39. The summed E-state index contributed by atoms with van der Waals surface area (Å²) in [4.78, 5) is 0. The van der Waals surface area contributed by atoms with E-state index in [0.717, 1.165) is 18.1 Å². The molecule has 0 spiro atoms. The minimum absolute atomic E-state index is 0.252. The van der Waals surface area contributed by atoms with Crippen LogP contribution in [-0.2, 0) is 5.41 Å². The van der Waals surface area contributed by atoms with Gasteiger partial charge in [0, 0.05) is 17.5 Å². The molecule has 1 aliphatic carbocycles. The van der Waals surface area contributed by atoms with Crippen molar-refractivity contribution in [1.82, 2.24) is 0 Å². The Bertz CT molecular complexity index is 304. The fourth-order valence-corrected chi connectivity index (χ4v) is 2.34. The maximum absolute atomic E-state index is 5.84. The third-order valence-corrected chi connectivity index (χ3v) is 3.31. The van der Waals surface area contributed by atoms with Crippen molar-refractivity contribution >= 4 is 0 Å². The van der Waals surface area contributed by atoms with Crippen LogP contribution in [0.15, 0.2) is 10.5 Å². The predicted molar refractivity (Wildman–Crippen MR) is 52.8 cm³/mol. The van der Waals surface area contributed by atoms with E-state index in [2.05, 4.69) is 6.07 Å². The van der Waals surface area contributed by atoms with Crippen LogP contribution >= 0.6 is 0 Å². The monoisotopic (exact) mass is 179 g/mol. The van der Waals surface area contributed by atoms with E-state index in [1.54, 1.807) is 0 Å². The third-order valence-electron chi connectivity index (χ3n) is 3.31. The van der Waals surface area contributed by atoms with Crippen molar-refractivity contribution in [2.45, 2.75) is 38.5 Å². The molecule has 0 bridgehead atoms. The van der Waals surface area contributed by atoms with Gasteiger partial charge in [0.25, 0.3) is 0 Å². The van der Waals surface area contributed by atoms with Crippen molar-refractivity contribution in [3.8, 4) is 0 Å². The molecule has 13 heavy (non-hydrogen) atoms. The van der Waals surface area contributed by atoms with E-state index in [1.807, 2.05) is 13.8 Å². The summed E-state index contributed by atoms with van der Waals surface area (Å²) in [5, 5.41) is 0. The lowest BCUT2D eigenvalue weighted by Crippen LogP contribution is -2.41. The molecule has 2 heteroatoms. The third kappa shape index (κ3) is 1.20. The molecule has 1 aromatic rings. The van der Waals surface area contributed by atoms with E-state index in [9.17, 15) is 0 Å². The van der Waals surface area contributed by atoms with Gasteiger partial charge < -0.3 is 10.2 Å². The summed E-state index contributed by atoms with van der Waals surface area (Å²) in [5.41, 5.74) is 7.44. The lowest BCUT2D eigenvalue weighted by Gasteiger charge is -2.40. The van der Waals surface area contributed by atoms with Crippen molar-refractivity contribution in [3.05, 3.63) is 23.2 Å². The lowest BCUT2D eigenvalue weighted by atomic mass is 9.64. The number of rotatable bonds is 2. The summed E-state index contributed by atoms with van der Waals surface area (Å²) in [6.45, 7) is 4.80. The molecule has 0 atom stereocenters. The van der Waals surface area contributed by atoms with Crippen molar-refractivity contribution in [1.29, 1.82) is 0 Å². The maximum atomic E-state index is 5.84. The lowest BCUT2D eigenvalue weighted by molar-refractivity contribution is 0.249. The van der Waals surface area contributed by atoms with Gasteiger partial charge in [-0.1, -0.05) is 6.42 Å². The minimum Gasteiger partial charge on any atom is -0.466 e. The molecule has 2 rings (SSSR count). The average Bonchev–Trinajstić information content (AvgIpc) is 2.30. The smallest absolute Gasteiger partial charge is 0.104 e. The normalized spacial score (nSPS) is 19.9. The number of aryl methyl sites for hydroxylation is 2. The van der Waals surface area contributed by atoms with Crippen LogP contribution < -0.4 is 5.73 Å². The second-order valence-corrected chi connectivity index (χ2v) is 4.16. The highest BCUT2D eigenvalue weighted by Gasteiger charge is 2.39. The first-order chi connectivity index (χ1) is 6.18. The molecule has 0 radical (unpaired) electrons. The molecular formula is C11H17NO. The molecule has 1 fully saturated rings. The number of hydrogen-bond acceptors (Lipinski definition) is 2. The van der Waals surface area contributed by atoms with Gasteiger partial charge in [-0.25, -0.2) is 0 Å². The molecule has 1 aromatic heterocycles. The Hall–Kier alpha value is -0.760. The van der Waals surface area contributed by atoms with E-state index >= 15 is 0 Å². The molecule has 72 valence electrons. The molecule has 0 aromatic carbocycles. The van der Waals surface area contributed by atoms with Crippen molar-refractivity contribution in [2.24, 2.45) is 5.73 Å². The van der Waals surface area contributed by atoms with Crippen LogP contribution in [-0.4, -0.2) is 6.54 Å². The van der Waals surface area contributed by atoms with E-state index in [-0.39, 0.29) is 5.41 Å². The molecule has 0 aliphatic heterocycles. The molecule has 0 amide bonds. The summed E-state index contributed by atoms with van der Waals surface area (Å²) < 4.78 is 5.54. The Morgan fingerprint density at radius 3 is 2.46 bits per heavy atom. The minimum atomic E-state index is 0.252. The Balaban J connectivity index is 2.37. The van der Waals surface area contributed by atoms with Crippen molar-refractivity contribution in [3.63, 3.8) is 0 Å². The van der Waals surface area contributed by atoms with Crippen LogP contribution in [0.2, 0.25) is 0 Å². The van der Waals surface area contributed by atoms with Gasteiger partial charge in [-0.05, 0) is 32.8 Å². The van der Waals surface area contributed by atoms with Gasteiger partial charge >= 0.3 is 0 Å². The maximum Gasteiger partial charge on any atom is 0.104 e. The van der Waals surface area contributed by atoms with E-state index in [4.69, 9.17) is 10.2 Å².